The third-order valence-electron chi connectivity index (χ3n) is 5.25. The van der Waals surface area contributed by atoms with E-state index in [1.54, 1.807) is 0 Å². The fourth-order valence-electron chi connectivity index (χ4n) is 4.16. The summed E-state index contributed by atoms with van der Waals surface area (Å²) in [5, 5.41) is 0.143. The van der Waals surface area contributed by atoms with Crippen molar-refractivity contribution in [2.45, 2.75) is 50.3 Å². The molecule has 4 atom stereocenters. The summed E-state index contributed by atoms with van der Waals surface area (Å²) in [5.41, 5.74) is 1.25. The molecule has 0 amide bonds. The van der Waals surface area contributed by atoms with Gasteiger partial charge < -0.3 is 0 Å². The molecule has 2 saturated carbocycles. The van der Waals surface area contributed by atoms with Gasteiger partial charge in [-0.2, -0.15) is 0 Å². The molecule has 1 aromatic rings. The molecule has 0 saturated heterocycles. The fraction of sp³-hybridized carbons (Fsp3) is 0.647. The molecular weight excluding hydrogens is 399 g/mol. The summed E-state index contributed by atoms with van der Waals surface area (Å²) >= 11 is 14.1. The van der Waals surface area contributed by atoms with E-state index < -0.39 is 0 Å². The van der Waals surface area contributed by atoms with E-state index in [2.05, 4.69) is 50.1 Å². The zero-order valence-corrected chi connectivity index (χ0v) is 15.6. The minimum Gasteiger partial charge on any atom is -0.117 e. The standard InChI is InChI=1S/C17H21Br2Cl/c18-14-7-8-16(19)15(10-14)17(20)13-6-5-11-3-1-2-4-12(11)9-13/h7-8,10-13,17H,1-6,9H2. The molecule has 2 aliphatic rings. The van der Waals surface area contributed by atoms with Crippen LogP contribution in [0.4, 0.5) is 0 Å². The fourth-order valence-corrected chi connectivity index (χ4v) is 5.57. The van der Waals surface area contributed by atoms with Gasteiger partial charge in [0.2, 0.25) is 0 Å². The highest BCUT2D eigenvalue weighted by molar-refractivity contribution is 9.11. The number of alkyl halides is 1. The van der Waals surface area contributed by atoms with Crippen LogP contribution in [0.25, 0.3) is 0 Å². The molecule has 1 aromatic carbocycles. The molecule has 4 unspecified atom stereocenters. The Labute approximate surface area is 143 Å². The van der Waals surface area contributed by atoms with Crippen molar-refractivity contribution in [2.75, 3.05) is 0 Å². The predicted molar refractivity (Wildman–Crippen MR) is 93.2 cm³/mol. The molecule has 0 N–H and O–H groups in total. The van der Waals surface area contributed by atoms with E-state index in [4.69, 9.17) is 11.6 Å². The molecule has 0 radical (unpaired) electrons. The Balaban J connectivity index is 1.74. The summed E-state index contributed by atoms with van der Waals surface area (Å²) in [4.78, 5) is 0. The Kier molecular flexibility index (Phi) is 5.15. The van der Waals surface area contributed by atoms with Crippen LogP contribution in [0.2, 0.25) is 0 Å². The summed E-state index contributed by atoms with van der Waals surface area (Å²) in [6, 6.07) is 6.34. The highest BCUT2D eigenvalue weighted by atomic mass is 79.9. The smallest absolute Gasteiger partial charge is 0.0624 e. The van der Waals surface area contributed by atoms with Gasteiger partial charge in [-0.25, -0.2) is 0 Å². The van der Waals surface area contributed by atoms with Gasteiger partial charge in [-0.3, -0.25) is 0 Å². The number of benzene rings is 1. The number of halogens is 3. The molecule has 0 aliphatic heterocycles. The predicted octanol–water partition coefficient (Wildman–Crippen LogP) is 7.10. The van der Waals surface area contributed by atoms with Crippen molar-refractivity contribution in [1.29, 1.82) is 0 Å². The Morgan fingerprint density at radius 1 is 1.00 bits per heavy atom. The lowest BCUT2D eigenvalue weighted by Crippen LogP contribution is -2.29. The maximum Gasteiger partial charge on any atom is 0.0624 e. The van der Waals surface area contributed by atoms with Crippen molar-refractivity contribution < 1.29 is 0 Å². The molecule has 0 aromatic heterocycles. The minimum atomic E-state index is 0.143. The number of rotatable bonds is 2. The van der Waals surface area contributed by atoms with Crippen molar-refractivity contribution in [1.82, 2.24) is 0 Å². The van der Waals surface area contributed by atoms with Gasteiger partial charge in [0.25, 0.3) is 0 Å². The van der Waals surface area contributed by atoms with Gasteiger partial charge in [-0.1, -0.05) is 57.5 Å². The third kappa shape index (κ3) is 3.28. The van der Waals surface area contributed by atoms with Gasteiger partial charge in [0.05, 0.1) is 5.38 Å². The van der Waals surface area contributed by atoms with Crippen LogP contribution in [0, 0.1) is 17.8 Å². The van der Waals surface area contributed by atoms with Crippen molar-refractivity contribution >= 4 is 43.5 Å². The molecule has 20 heavy (non-hydrogen) atoms. The van der Waals surface area contributed by atoms with Gasteiger partial charge >= 0.3 is 0 Å². The highest BCUT2D eigenvalue weighted by Gasteiger charge is 2.35. The summed E-state index contributed by atoms with van der Waals surface area (Å²) in [6.07, 6.45) is 9.81. The molecule has 0 bridgehead atoms. The summed E-state index contributed by atoms with van der Waals surface area (Å²) in [7, 11) is 0. The molecule has 2 fully saturated rings. The van der Waals surface area contributed by atoms with Gasteiger partial charge in [0, 0.05) is 8.95 Å². The lowest BCUT2D eigenvalue weighted by atomic mass is 9.66. The SMILES string of the molecule is ClC(c1cc(Br)ccc1Br)C1CCC2CCCCC2C1. The van der Waals surface area contributed by atoms with E-state index in [-0.39, 0.29) is 5.38 Å². The second-order valence-corrected chi connectivity index (χ2v) is 8.69. The molecule has 0 spiro atoms. The first-order valence-corrected chi connectivity index (χ1v) is 9.76. The van der Waals surface area contributed by atoms with E-state index in [9.17, 15) is 0 Å². The Hall–Kier alpha value is 0.470. The van der Waals surface area contributed by atoms with Crippen molar-refractivity contribution in [2.24, 2.45) is 17.8 Å². The molecule has 0 heterocycles. The Morgan fingerprint density at radius 3 is 2.55 bits per heavy atom. The van der Waals surface area contributed by atoms with Crippen LogP contribution >= 0.6 is 43.5 Å². The molecular formula is C17H21Br2Cl. The lowest BCUT2D eigenvalue weighted by Gasteiger charge is -2.41. The number of hydrogen-bond donors (Lipinski definition) is 0. The van der Waals surface area contributed by atoms with Gasteiger partial charge in [0.1, 0.15) is 0 Å². The van der Waals surface area contributed by atoms with Gasteiger partial charge in [-0.05, 0) is 60.8 Å². The molecule has 0 nitrogen and oxygen atoms in total. The van der Waals surface area contributed by atoms with E-state index in [0.717, 1.165) is 20.8 Å². The zero-order chi connectivity index (χ0) is 14.1. The quantitative estimate of drug-likeness (QED) is 0.448. The summed E-state index contributed by atoms with van der Waals surface area (Å²) < 4.78 is 2.26. The monoisotopic (exact) mass is 418 g/mol. The Bertz CT molecular complexity index is 474. The highest BCUT2D eigenvalue weighted by Crippen LogP contribution is 2.49. The van der Waals surface area contributed by atoms with Crippen LogP contribution in [0.5, 0.6) is 0 Å². The van der Waals surface area contributed by atoms with Gasteiger partial charge in [-0.15, -0.1) is 11.6 Å². The van der Waals surface area contributed by atoms with Gasteiger partial charge in [0.15, 0.2) is 0 Å². The van der Waals surface area contributed by atoms with E-state index in [0.29, 0.717) is 5.92 Å². The lowest BCUT2D eigenvalue weighted by molar-refractivity contribution is 0.127. The minimum absolute atomic E-state index is 0.143. The van der Waals surface area contributed by atoms with Crippen LogP contribution in [0.3, 0.4) is 0 Å². The molecule has 110 valence electrons. The first kappa shape index (κ1) is 15.4. The number of hydrogen-bond acceptors (Lipinski definition) is 0. The van der Waals surface area contributed by atoms with Crippen molar-refractivity contribution in [3.63, 3.8) is 0 Å². The average molecular weight is 421 g/mol. The Morgan fingerprint density at radius 2 is 1.75 bits per heavy atom. The second-order valence-electron chi connectivity index (χ2n) is 6.45. The van der Waals surface area contributed by atoms with E-state index >= 15 is 0 Å². The number of fused-ring (bicyclic) bond motifs is 1. The van der Waals surface area contributed by atoms with Crippen molar-refractivity contribution in [3.8, 4) is 0 Å². The molecule has 3 rings (SSSR count). The van der Waals surface area contributed by atoms with Crippen LogP contribution in [0.15, 0.2) is 27.1 Å². The summed E-state index contributed by atoms with van der Waals surface area (Å²) in [5.74, 6) is 2.58. The second kappa shape index (κ2) is 6.71. The maximum atomic E-state index is 6.84. The first-order valence-electron chi connectivity index (χ1n) is 7.74. The van der Waals surface area contributed by atoms with E-state index in [1.165, 1.54) is 50.5 Å². The average Bonchev–Trinajstić information content (AvgIpc) is 2.48. The van der Waals surface area contributed by atoms with Crippen molar-refractivity contribution in [3.05, 3.63) is 32.7 Å². The topological polar surface area (TPSA) is 0 Å². The molecule has 3 heteroatoms. The van der Waals surface area contributed by atoms with E-state index in [1.807, 2.05) is 0 Å². The van der Waals surface area contributed by atoms with Crippen LogP contribution in [-0.2, 0) is 0 Å². The largest absolute Gasteiger partial charge is 0.117 e. The first-order chi connectivity index (χ1) is 9.65. The van der Waals surface area contributed by atoms with Crippen LogP contribution in [-0.4, -0.2) is 0 Å². The maximum absolute atomic E-state index is 6.84. The summed E-state index contributed by atoms with van der Waals surface area (Å²) in [6.45, 7) is 0. The van der Waals surface area contributed by atoms with Crippen LogP contribution in [0.1, 0.15) is 55.9 Å². The zero-order valence-electron chi connectivity index (χ0n) is 11.6. The normalized spacial score (nSPS) is 31.6. The van der Waals surface area contributed by atoms with Crippen LogP contribution < -0.4 is 0 Å². The molecule has 2 aliphatic carbocycles. The third-order valence-corrected chi connectivity index (χ3v) is 7.06.